The van der Waals surface area contributed by atoms with Crippen LogP contribution in [0.3, 0.4) is 0 Å². The number of sulfonamides is 1. The van der Waals surface area contributed by atoms with Crippen LogP contribution in [0.15, 0.2) is 47.4 Å². The monoisotopic (exact) mass is 391 g/mol. The minimum atomic E-state index is -4.10. The zero-order valence-electron chi connectivity index (χ0n) is 14.3. The van der Waals surface area contributed by atoms with Gasteiger partial charge in [-0.15, -0.1) is 4.83 Å². The molecule has 0 saturated heterocycles. The first-order valence-corrected chi connectivity index (χ1v) is 9.43. The van der Waals surface area contributed by atoms with E-state index in [2.05, 4.69) is 5.32 Å². The van der Waals surface area contributed by atoms with Gasteiger partial charge < -0.3 is 14.8 Å². The third-order valence-electron chi connectivity index (χ3n) is 3.64. The summed E-state index contributed by atoms with van der Waals surface area (Å²) in [6.45, 7) is 2.56. The molecule has 0 atom stereocenters. The molecule has 1 aliphatic heterocycles. The van der Waals surface area contributed by atoms with Gasteiger partial charge in [0.05, 0.1) is 4.90 Å². The normalized spacial score (nSPS) is 12.9. The maximum atomic E-state index is 12.3. The van der Waals surface area contributed by atoms with Crippen molar-refractivity contribution in [2.24, 2.45) is 0 Å². The molecule has 0 unspecified atom stereocenters. The van der Waals surface area contributed by atoms with Crippen LogP contribution in [0.2, 0.25) is 0 Å². The number of anilines is 1. The number of benzene rings is 2. The average molecular weight is 391 g/mol. The fourth-order valence-corrected chi connectivity index (χ4v) is 3.10. The molecule has 1 heterocycles. The lowest BCUT2D eigenvalue weighted by molar-refractivity contribution is -0.136. The van der Waals surface area contributed by atoms with Crippen LogP contribution in [-0.4, -0.2) is 33.4 Å². The number of rotatable bonds is 4. The molecule has 2 aromatic rings. The maximum absolute atomic E-state index is 12.3. The quantitative estimate of drug-likeness (QED) is 0.521. The number of carbonyl (C=O) groups excluding carboxylic acids is 2. The molecule has 1 aliphatic rings. The van der Waals surface area contributed by atoms with E-state index < -0.39 is 21.8 Å². The lowest BCUT2D eigenvalue weighted by Gasteiger charge is -2.18. The fourth-order valence-electron chi connectivity index (χ4n) is 2.24. The van der Waals surface area contributed by atoms with Crippen molar-refractivity contribution in [2.75, 3.05) is 18.5 Å². The molecule has 0 aliphatic carbocycles. The number of aryl methyl sites for hydroxylation is 1. The Morgan fingerprint density at radius 3 is 2.30 bits per heavy atom. The molecule has 3 rings (SSSR count). The van der Waals surface area contributed by atoms with Gasteiger partial charge in [-0.05, 0) is 31.2 Å². The summed E-state index contributed by atoms with van der Waals surface area (Å²) in [5.74, 6) is -1.45. The minimum absolute atomic E-state index is 0.147. The molecule has 9 nitrogen and oxygen atoms in total. The maximum Gasteiger partial charge on any atom is 0.324 e. The molecular weight excluding hydrogens is 374 g/mol. The van der Waals surface area contributed by atoms with Crippen molar-refractivity contribution >= 4 is 27.5 Å². The average Bonchev–Trinajstić information content (AvgIpc) is 2.67. The molecule has 0 saturated carbocycles. The summed E-state index contributed by atoms with van der Waals surface area (Å²) in [6, 6.07) is 10.8. The van der Waals surface area contributed by atoms with Crippen molar-refractivity contribution in [2.45, 2.75) is 11.8 Å². The highest BCUT2D eigenvalue weighted by molar-refractivity contribution is 7.89. The fraction of sp³-hybridized carbons (Fsp3) is 0.176. The zero-order chi connectivity index (χ0) is 19.4. The number of nitrogens with one attached hydrogen (secondary N) is 3. The van der Waals surface area contributed by atoms with Crippen LogP contribution in [0.4, 0.5) is 5.69 Å². The zero-order valence-corrected chi connectivity index (χ0v) is 15.1. The highest BCUT2D eigenvalue weighted by Crippen LogP contribution is 2.31. The summed E-state index contributed by atoms with van der Waals surface area (Å²) in [5, 5.41) is 2.36. The van der Waals surface area contributed by atoms with E-state index in [1.165, 1.54) is 18.2 Å². The third-order valence-corrected chi connectivity index (χ3v) is 4.88. The molecule has 2 aromatic carbocycles. The highest BCUT2D eigenvalue weighted by Gasteiger charge is 2.21. The summed E-state index contributed by atoms with van der Waals surface area (Å²) < 4.78 is 35.2. The van der Waals surface area contributed by atoms with Crippen molar-refractivity contribution in [1.82, 2.24) is 10.3 Å². The molecule has 2 amide bonds. The number of hydrazine groups is 1. The predicted octanol–water partition coefficient (Wildman–Crippen LogP) is 0.714. The standard InChI is InChI=1S/C17H17N3O6S/c1-11-2-4-12(5-3-11)18-16(21)17(22)19-20-27(23,24)13-6-7-14-15(10-13)26-9-8-25-14/h2-7,10,20H,8-9H2,1H3,(H,18,21)(H,19,22). The summed E-state index contributed by atoms with van der Waals surface area (Å²) in [5.41, 5.74) is 3.27. The van der Waals surface area contributed by atoms with Gasteiger partial charge in [-0.1, -0.05) is 17.7 Å². The summed E-state index contributed by atoms with van der Waals surface area (Å²) in [4.78, 5) is 25.4. The lowest BCUT2D eigenvalue weighted by atomic mass is 10.2. The summed E-state index contributed by atoms with van der Waals surface area (Å²) in [7, 11) is -4.10. The largest absolute Gasteiger partial charge is 0.486 e. The van der Waals surface area contributed by atoms with E-state index >= 15 is 0 Å². The van der Waals surface area contributed by atoms with Gasteiger partial charge in [0.2, 0.25) is 0 Å². The van der Waals surface area contributed by atoms with E-state index in [0.29, 0.717) is 24.7 Å². The number of amides is 2. The van der Waals surface area contributed by atoms with Crippen LogP contribution in [0, 0.1) is 6.92 Å². The number of hydrogen-bond acceptors (Lipinski definition) is 6. The molecule has 0 spiro atoms. The molecule has 0 bridgehead atoms. The number of fused-ring (bicyclic) bond motifs is 1. The van der Waals surface area contributed by atoms with Crippen LogP contribution in [0.25, 0.3) is 0 Å². The Labute approximate surface area is 155 Å². The van der Waals surface area contributed by atoms with E-state index in [4.69, 9.17) is 9.47 Å². The van der Waals surface area contributed by atoms with Crippen molar-refractivity contribution in [3.63, 3.8) is 0 Å². The molecule has 3 N–H and O–H groups in total. The third kappa shape index (κ3) is 4.54. The van der Waals surface area contributed by atoms with Gasteiger partial charge in [0.25, 0.3) is 10.0 Å². The van der Waals surface area contributed by atoms with Crippen LogP contribution in [-0.2, 0) is 19.6 Å². The first kappa shape index (κ1) is 18.7. The highest BCUT2D eigenvalue weighted by atomic mass is 32.2. The second-order valence-electron chi connectivity index (χ2n) is 5.69. The van der Waals surface area contributed by atoms with Crippen molar-refractivity contribution in [3.8, 4) is 11.5 Å². The lowest BCUT2D eigenvalue weighted by Crippen LogP contribution is -2.46. The molecule has 0 radical (unpaired) electrons. The Morgan fingerprint density at radius 2 is 1.59 bits per heavy atom. The molecule has 0 fully saturated rings. The van der Waals surface area contributed by atoms with Gasteiger partial charge in [0.15, 0.2) is 11.5 Å². The Morgan fingerprint density at radius 1 is 0.926 bits per heavy atom. The molecule has 27 heavy (non-hydrogen) atoms. The van der Waals surface area contributed by atoms with Gasteiger partial charge in [-0.2, -0.15) is 0 Å². The number of ether oxygens (including phenoxy) is 2. The number of hydrogen-bond donors (Lipinski definition) is 3. The summed E-state index contributed by atoms with van der Waals surface area (Å²) >= 11 is 0. The van der Waals surface area contributed by atoms with Gasteiger partial charge >= 0.3 is 11.8 Å². The predicted molar refractivity (Wildman–Crippen MR) is 95.7 cm³/mol. The smallest absolute Gasteiger partial charge is 0.324 e. The molecular formula is C17H17N3O6S. The Kier molecular flexibility index (Phi) is 5.28. The molecule has 10 heteroatoms. The Bertz CT molecular complexity index is 973. The van der Waals surface area contributed by atoms with E-state index in [-0.39, 0.29) is 10.6 Å². The van der Waals surface area contributed by atoms with E-state index in [9.17, 15) is 18.0 Å². The van der Waals surface area contributed by atoms with Crippen LogP contribution in [0.1, 0.15) is 5.56 Å². The molecule has 0 aromatic heterocycles. The topological polar surface area (TPSA) is 123 Å². The second kappa shape index (κ2) is 7.64. The minimum Gasteiger partial charge on any atom is -0.486 e. The Hall–Kier alpha value is -3.11. The van der Waals surface area contributed by atoms with Crippen LogP contribution in [0.5, 0.6) is 11.5 Å². The van der Waals surface area contributed by atoms with Crippen molar-refractivity contribution in [3.05, 3.63) is 48.0 Å². The first-order valence-electron chi connectivity index (χ1n) is 7.94. The van der Waals surface area contributed by atoms with E-state index in [0.717, 1.165) is 5.56 Å². The van der Waals surface area contributed by atoms with E-state index in [1.54, 1.807) is 24.3 Å². The SMILES string of the molecule is Cc1ccc(NC(=O)C(=O)NNS(=O)(=O)c2ccc3c(c2)OCCO3)cc1. The molecule has 142 valence electrons. The summed E-state index contributed by atoms with van der Waals surface area (Å²) in [6.07, 6.45) is 0. The van der Waals surface area contributed by atoms with E-state index in [1.807, 2.05) is 17.2 Å². The first-order chi connectivity index (χ1) is 12.8. The van der Waals surface area contributed by atoms with Gasteiger partial charge in [0, 0.05) is 11.8 Å². The van der Waals surface area contributed by atoms with Gasteiger partial charge in [-0.25, -0.2) is 8.42 Å². The second-order valence-corrected chi connectivity index (χ2v) is 7.37. The van der Waals surface area contributed by atoms with Gasteiger partial charge in [0.1, 0.15) is 13.2 Å². The van der Waals surface area contributed by atoms with Crippen LogP contribution < -0.4 is 25.0 Å². The van der Waals surface area contributed by atoms with Crippen LogP contribution >= 0.6 is 0 Å². The Balaban J connectivity index is 1.61. The number of carbonyl (C=O) groups is 2. The van der Waals surface area contributed by atoms with Gasteiger partial charge in [-0.3, -0.25) is 15.0 Å². The van der Waals surface area contributed by atoms with Crippen molar-refractivity contribution < 1.29 is 27.5 Å². The van der Waals surface area contributed by atoms with Crippen molar-refractivity contribution in [1.29, 1.82) is 0 Å².